The van der Waals surface area contributed by atoms with E-state index in [1.54, 1.807) is 0 Å². The molecule has 106 valence electrons. The summed E-state index contributed by atoms with van der Waals surface area (Å²) in [7, 11) is 2.23. The molecule has 1 heterocycles. The Morgan fingerprint density at radius 1 is 1.16 bits per heavy atom. The van der Waals surface area contributed by atoms with E-state index in [0.29, 0.717) is 12.1 Å². The molecule has 0 amide bonds. The molecule has 1 aliphatic rings. The van der Waals surface area contributed by atoms with E-state index in [1.807, 2.05) is 0 Å². The van der Waals surface area contributed by atoms with Crippen LogP contribution in [0.15, 0.2) is 24.3 Å². The van der Waals surface area contributed by atoms with Crippen LogP contribution in [-0.4, -0.2) is 31.1 Å². The van der Waals surface area contributed by atoms with Crippen molar-refractivity contribution < 1.29 is 0 Å². The van der Waals surface area contributed by atoms with Gasteiger partial charge in [0.2, 0.25) is 0 Å². The Morgan fingerprint density at radius 3 is 2.42 bits per heavy atom. The zero-order valence-corrected chi connectivity index (χ0v) is 12.8. The van der Waals surface area contributed by atoms with Crippen molar-refractivity contribution in [2.24, 2.45) is 5.92 Å². The van der Waals surface area contributed by atoms with Gasteiger partial charge in [-0.2, -0.15) is 0 Å². The molecule has 1 saturated heterocycles. The average molecular weight is 260 g/mol. The maximum absolute atomic E-state index is 3.80. The lowest BCUT2D eigenvalue weighted by Gasteiger charge is -2.34. The molecule has 0 bridgehead atoms. The highest BCUT2D eigenvalue weighted by Gasteiger charge is 2.23. The molecule has 2 rings (SSSR count). The molecule has 0 radical (unpaired) electrons. The summed E-state index contributed by atoms with van der Waals surface area (Å²) in [4.78, 5) is 2.44. The highest BCUT2D eigenvalue weighted by Crippen LogP contribution is 2.23. The second-order valence-corrected chi connectivity index (χ2v) is 6.17. The molecule has 2 heteroatoms. The SMILES string of the molecule is Cc1ccccc1[C@@H](C)NC(C)C1CCN(C)CC1. The molecule has 0 spiro atoms. The maximum atomic E-state index is 3.80. The predicted octanol–water partition coefficient (Wildman–Crippen LogP) is 3.38. The minimum atomic E-state index is 0.441. The number of aryl methyl sites for hydroxylation is 1. The molecule has 1 aliphatic heterocycles. The van der Waals surface area contributed by atoms with Crippen LogP contribution in [0.1, 0.15) is 43.9 Å². The van der Waals surface area contributed by atoms with Gasteiger partial charge >= 0.3 is 0 Å². The van der Waals surface area contributed by atoms with Crippen LogP contribution in [0.4, 0.5) is 0 Å². The van der Waals surface area contributed by atoms with Crippen LogP contribution in [-0.2, 0) is 0 Å². The first-order valence-corrected chi connectivity index (χ1v) is 7.58. The highest BCUT2D eigenvalue weighted by molar-refractivity contribution is 5.28. The molecular weight excluding hydrogens is 232 g/mol. The predicted molar refractivity (Wildman–Crippen MR) is 82.4 cm³/mol. The lowest BCUT2D eigenvalue weighted by molar-refractivity contribution is 0.185. The third kappa shape index (κ3) is 3.80. The third-order valence-corrected chi connectivity index (χ3v) is 4.64. The molecule has 2 nitrogen and oxygen atoms in total. The lowest BCUT2D eigenvalue weighted by Crippen LogP contribution is -2.41. The number of benzene rings is 1. The van der Waals surface area contributed by atoms with Gasteiger partial charge in [0.05, 0.1) is 0 Å². The molecule has 1 unspecified atom stereocenters. The Hall–Kier alpha value is -0.860. The molecule has 1 aromatic rings. The van der Waals surface area contributed by atoms with Crippen LogP contribution in [0.3, 0.4) is 0 Å². The van der Waals surface area contributed by atoms with Gasteiger partial charge < -0.3 is 10.2 Å². The monoisotopic (exact) mass is 260 g/mol. The van der Waals surface area contributed by atoms with Gasteiger partial charge in [-0.05, 0) is 70.8 Å². The van der Waals surface area contributed by atoms with Gasteiger partial charge in [-0.3, -0.25) is 0 Å². The van der Waals surface area contributed by atoms with Crippen molar-refractivity contribution in [3.63, 3.8) is 0 Å². The molecule has 1 aromatic carbocycles. The summed E-state index contributed by atoms with van der Waals surface area (Å²) in [6.45, 7) is 9.33. The van der Waals surface area contributed by atoms with Crippen LogP contribution < -0.4 is 5.32 Å². The number of nitrogens with one attached hydrogen (secondary N) is 1. The van der Waals surface area contributed by atoms with Crippen LogP contribution in [0.5, 0.6) is 0 Å². The number of likely N-dealkylation sites (tertiary alicyclic amines) is 1. The Labute approximate surface area is 118 Å². The summed E-state index contributed by atoms with van der Waals surface area (Å²) in [6.07, 6.45) is 2.65. The third-order valence-electron chi connectivity index (χ3n) is 4.64. The summed E-state index contributed by atoms with van der Waals surface area (Å²) in [5.74, 6) is 0.822. The molecule has 0 aromatic heterocycles. The van der Waals surface area contributed by atoms with Crippen molar-refractivity contribution >= 4 is 0 Å². The van der Waals surface area contributed by atoms with E-state index < -0.39 is 0 Å². The summed E-state index contributed by atoms with van der Waals surface area (Å²) < 4.78 is 0. The standard InChI is InChI=1S/C17H28N2/c1-13-7-5-6-8-17(13)15(3)18-14(2)16-9-11-19(4)12-10-16/h5-8,14-16,18H,9-12H2,1-4H3/t14?,15-/m1/s1. The first-order chi connectivity index (χ1) is 9.08. The number of nitrogens with zero attached hydrogens (tertiary/aromatic N) is 1. The maximum Gasteiger partial charge on any atom is 0.0296 e. The topological polar surface area (TPSA) is 15.3 Å². The Balaban J connectivity index is 1.91. The van der Waals surface area contributed by atoms with Crippen LogP contribution in [0.2, 0.25) is 0 Å². The second-order valence-electron chi connectivity index (χ2n) is 6.17. The van der Waals surface area contributed by atoms with Crippen LogP contribution >= 0.6 is 0 Å². The van der Waals surface area contributed by atoms with Crippen molar-refractivity contribution in [1.82, 2.24) is 10.2 Å². The summed E-state index contributed by atoms with van der Waals surface area (Å²) in [5, 5.41) is 3.80. The zero-order valence-electron chi connectivity index (χ0n) is 12.8. The van der Waals surface area contributed by atoms with Gasteiger partial charge in [-0.15, -0.1) is 0 Å². The average Bonchev–Trinajstić information content (AvgIpc) is 2.39. The minimum absolute atomic E-state index is 0.441. The van der Waals surface area contributed by atoms with E-state index in [0.717, 1.165) is 5.92 Å². The van der Waals surface area contributed by atoms with Crippen molar-refractivity contribution in [1.29, 1.82) is 0 Å². The molecule has 1 N–H and O–H groups in total. The normalized spacial score (nSPS) is 21.3. The van der Waals surface area contributed by atoms with Crippen LogP contribution in [0, 0.1) is 12.8 Å². The summed E-state index contributed by atoms with van der Waals surface area (Å²) in [5.41, 5.74) is 2.82. The number of rotatable bonds is 4. The fourth-order valence-corrected chi connectivity index (χ4v) is 3.22. The molecule has 1 fully saturated rings. The Bertz CT molecular complexity index is 394. The van der Waals surface area contributed by atoms with E-state index in [-0.39, 0.29) is 0 Å². The zero-order chi connectivity index (χ0) is 13.8. The van der Waals surface area contributed by atoms with Gasteiger partial charge in [-0.1, -0.05) is 24.3 Å². The first kappa shape index (κ1) is 14.5. The molecule has 0 aliphatic carbocycles. The largest absolute Gasteiger partial charge is 0.307 e. The van der Waals surface area contributed by atoms with E-state index in [2.05, 4.69) is 62.3 Å². The van der Waals surface area contributed by atoms with E-state index in [4.69, 9.17) is 0 Å². The van der Waals surface area contributed by atoms with E-state index >= 15 is 0 Å². The summed E-state index contributed by atoms with van der Waals surface area (Å²) in [6, 6.07) is 9.74. The van der Waals surface area contributed by atoms with E-state index in [1.165, 1.54) is 37.1 Å². The lowest BCUT2D eigenvalue weighted by atomic mass is 9.89. The highest BCUT2D eigenvalue weighted by atomic mass is 15.1. The van der Waals surface area contributed by atoms with Gasteiger partial charge in [0.15, 0.2) is 0 Å². The Morgan fingerprint density at radius 2 is 1.79 bits per heavy atom. The minimum Gasteiger partial charge on any atom is -0.307 e. The number of piperidine rings is 1. The van der Waals surface area contributed by atoms with Gasteiger partial charge in [0.1, 0.15) is 0 Å². The smallest absolute Gasteiger partial charge is 0.0296 e. The van der Waals surface area contributed by atoms with Crippen molar-refractivity contribution in [3.05, 3.63) is 35.4 Å². The van der Waals surface area contributed by atoms with Gasteiger partial charge in [0, 0.05) is 12.1 Å². The molecule has 19 heavy (non-hydrogen) atoms. The van der Waals surface area contributed by atoms with Crippen molar-refractivity contribution in [3.8, 4) is 0 Å². The van der Waals surface area contributed by atoms with Crippen LogP contribution in [0.25, 0.3) is 0 Å². The van der Waals surface area contributed by atoms with Crippen molar-refractivity contribution in [2.45, 2.75) is 45.7 Å². The quantitative estimate of drug-likeness (QED) is 0.893. The van der Waals surface area contributed by atoms with E-state index in [9.17, 15) is 0 Å². The van der Waals surface area contributed by atoms with Crippen molar-refractivity contribution in [2.75, 3.05) is 20.1 Å². The molecule has 0 saturated carbocycles. The fourth-order valence-electron chi connectivity index (χ4n) is 3.22. The molecular formula is C17H28N2. The second kappa shape index (κ2) is 6.53. The van der Waals surface area contributed by atoms with Gasteiger partial charge in [0.25, 0.3) is 0 Å². The number of hydrogen-bond donors (Lipinski definition) is 1. The first-order valence-electron chi connectivity index (χ1n) is 7.58. The van der Waals surface area contributed by atoms with Gasteiger partial charge in [-0.25, -0.2) is 0 Å². The Kier molecular flexibility index (Phi) is 5.00. The fraction of sp³-hybridized carbons (Fsp3) is 0.647. The number of hydrogen-bond acceptors (Lipinski definition) is 2. The molecule has 2 atom stereocenters. The summed E-state index contributed by atoms with van der Waals surface area (Å²) >= 11 is 0.